The average Bonchev–Trinajstić information content (AvgIpc) is 2.62. The van der Waals surface area contributed by atoms with Gasteiger partial charge in [0.2, 0.25) is 0 Å². The van der Waals surface area contributed by atoms with E-state index in [0.717, 1.165) is 35.5 Å². The minimum Gasteiger partial charge on any atom is -0.222 e. The number of halogens is 1. The van der Waals surface area contributed by atoms with Crippen molar-refractivity contribution in [2.45, 2.75) is 19.8 Å². The maximum Gasteiger partial charge on any atom is 0.363 e. The van der Waals surface area contributed by atoms with Crippen molar-refractivity contribution >= 4 is 0 Å². The topological polar surface area (TPSA) is 104 Å². The van der Waals surface area contributed by atoms with Crippen LogP contribution in [0.4, 0.5) is 0 Å². The van der Waals surface area contributed by atoms with Crippen LogP contribution in [0.2, 0.25) is 0 Å². The Labute approximate surface area is 154 Å². The molecule has 0 aliphatic heterocycles. The van der Waals surface area contributed by atoms with Crippen LogP contribution in [-0.4, -0.2) is 0 Å². The molecule has 0 aliphatic rings. The summed E-state index contributed by atoms with van der Waals surface area (Å²) in [6.45, 7) is 2.19. The minimum absolute atomic E-state index is 0.911. The molecule has 5 nitrogen and oxygen atoms in total. The molecule has 26 heavy (non-hydrogen) atoms. The lowest BCUT2D eigenvalue weighted by atomic mass is 10.0. The molecule has 0 bridgehead atoms. The molecule has 1 aromatic heterocycles. The molecular formula is C20H19ClO5. The standard InChI is InChI=1S/C20H19O.ClHO4/c1-2-9-17-14-15-19(16-10-5-3-6-11-16)21-20(17)18-12-7-4-8-13-18;2-1(3,4)5/h3-8,10-15H,2,9H2,1H3;(H,2,3,4,5)/q+1;/p-1. The molecule has 0 unspecified atom stereocenters. The Morgan fingerprint density at radius 2 is 1.23 bits per heavy atom. The fraction of sp³-hybridized carbons (Fsp3) is 0.150. The maximum atomic E-state index is 8.49. The first-order valence-electron chi connectivity index (χ1n) is 8.07. The quantitative estimate of drug-likeness (QED) is 0.636. The molecule has 0 atom stereocenters. The van der Waals surface area contributed by atoms with Crippen molar-refractivity contribution < 1.29 is 33.3 Å². The monoisotopic (exact) mass is 374 g/mol. The molecule has 0 saturated carbocycles. The van der Waals surface area contributed by atoms with Crippen molar-refractivity contribution in [2.75, 3.05) is 0 Å². The smallest absolute Gasteiger partial charge is 0.222 e. The second-order valence-corrected chi connectivity index (χ2v) is 6.27. The number of benzene rings is 2. The van der Waals surface area contributed by atoms with Crippen LogP contribution in [0.3, 0.4) is 0 Å². The first-order chi connectivity index (χ1) is 12.4. The summed E-state index contributed by atoms with van der Waals surface area (Å²) in [5.41, 5.74) is 3.51. The molecule has 0 radical (unpaired) electrons. The molecule has 0 aliphatic carbocycles. The van der Waals surface area contributed by atoms with E-state index >= 15 is 0 Å². The molecule has 3 aromatic rings. The third kappa shape index (κ3) is 6.55. The second kappa shape index (κ2) is 9.43. The Bertz CT molecular complexity index is 795. The molecule has 3 rings (SSSR count). The lowest BCUT2D eigenvalue weighted by Gasteiger charge is -2.17. The van der Waals surface area contributed by atoms with Crippen molar-refractivity contribution in [2.24, 2.45) is 0 Å². The molecule has 0 amide bonds. The largest absolute Gasteiger partial charge is 0.363 e. The van der Waals surface area contributed by atoms with Gasteiger partial charge in [-0.25, -0.2) is 23.1 Å². The molecule has 0 spiro atoms. The van der Waals surface area contributed by atoms with E-state index in [1.165, 1.54) is 5.56 Å². The van der Waals surface area contributed by atoms with Crippen LogP contribution >= 0.6 is 0 Å². The predicted octanol–water partition coefficient (Wildman–Crippen LogP) is 1.09. The van der Waals surface area contributed by atoms with Gasteiger partial charge in [-0.2, -0.15) is 0 Å². The van der Waals surface area contributed by atoms with Crippen LogP contribution in [0.25, 0.3) is 22.6 Å². The highest BCUT2D eigenvalue weighted by molar-refractivity contribution is 5.65. The van der Waals surface area contributed by atoms with Gasteiger partial charge in [-0.05, 0) is 36.8 Å². The Hall–Kier alpha value is -2.28. The molecule has 6 heteroatoms. The van der Waals surface area contributed by atoms with Gasteiger partial charge in [-0.15, -0.1) is 10.2 Å². The summed E-state index contributed by atoms with van der Waals surface area (Å²) < 4.78 is 40.2. The highest BCUT2D eigenvalue weighted by atomic mass is 35.7. The van der Waals surface area contributed by atoms with Crippen molar-refractivity contribution in [1.29, 1.82) is 0 Å². The summed E-state index contributed by atoms with van der Waals surface area (Å²) in [6.07, 6.45) is 2.14. The lowest BCUT2D eigenvalue weighted by Crippen LogP contribution is -2.68. The third-order valence-corrected chi connectivity index (χ3v) is 3.55. The highest BCUT2D eigenvalue weighted by Gasteiger charge is 2.21. The Morgan fingerprint density at radius 1 is 0.731 bits per heavy atom. The van der Waals surface area contributed by atoms with E-state index in [1.54, 1.807) is 0 Å². The second-order valence-electron chi connectivity index (χ2n) is 5.51. The third-order valence-electron chi connectivity index (χ3n) is 3.55. The molecule has 2 aromatic carbocycles. The van der Waals surface area contributed by atoms with E-state index in [9.17, 15) is 0 Å². The summed E-state index contributed by atoms with van der Waals surface area (Å²) in [5, 5.41) is 0. The van der Waals surface area contributed by atoms with E-state index < -0.39 is 10.2 Å². The fourth-order valence-electron chi connectivity index (χ4n) is 2.52. The van der Waals surface area contributed by atoms with Crippen LogP contribution in [0.1, 0.15) is 18.9 Å². The van der Waals surface area contributed by atoms with Gasteiger partial charge in [0.25, 0.3) is 0 Å². The van der Waals surface area contributed by atoms with Gasteiger partial charge in [-0.1, -0.05) is 49.7 Å². The van der Waals surface area contributed by atoms with Gasteiger partial charge in [0, 0.05) is 6.07 Å². The minimum atomic E-state index is -4.94. The van der Waals surface area contributed by atoms with Crippen molar-refractivity contribution in [3.8, 4) is 22.6 Å². The Balaban J connectivity index is 0.000000431. The zero-order valence-corrected chi connectivity index (χ0v) is 15.0. The number of aryl methyl sites for hydroxylation is 1. The maximum absolute atomic E-state index is 8.49. The first kappa shape index (κ1) is 20.0. The van der Waals surface area contributed by atoms with E-state index in [4.69, 9.17) is 23.1 Å². The van der Waals surface area contributed by atoms with Crippen LogP contribution < -0.4 is 18.6 Å². The zero-order chi connectivity index (χ0) is 19.0. The van der Waals surface area contributed by atoms with Gasteiger partial charge in [0.1, 0.15) is 0 Å². The number of hydrogen-bond donors (Lipinski definition) is 0. The Kier molecular flexibility index (Phi) is 7.26. The number of rotatable bonds is 4. The van der Waals surface area contributed by atoms with Crippen LogP contribution in [0.15, 0.2) is 77.2 Å². The van der Waals surface area contributed by atoms with Crippen LogP contribution in [0.5, 0.6) is 0 Å². The molecule has 1 heterocycles. The van der Waals surface area contributed by atoms with Gasteiger partial charge in [-0.3, -0.25) is 0 Å². The van der Waals surface area contributed by atoms with Crippen LogP contribution in [-0.2, 0) is 6.42 Å². The van der Waals surface area contributed by atoms with E-state index in [1.807, 2.05) is 24.3 Å². The SMILES string of the molecule is CCCc1ccc(-c2ccccc2)[o+]c1-c1ccccc1.[O-][Cl+3]([O-])([O-])[O-]. The van der Waals surface area contributed by atoms with E-state index in [-0.39, 0.29) is 0 Å². The fourth-order valence-corrected chi connectivity index (χ4v) is 2.52. The first-order valence-corrected chi connectivity index (χ1v) is 9.30. The zero-order valence-electron chi connectivity index (χ0n) is 14.3. The van der Waals surface area contributed by atoms with Crippen LogP contribution in [0, 0.1) is 10.2 Å². The molecule has 0 saturated heterocycles. The van der Waals surface area contributed by atoms with Gasteiger partial charge < -0.3 is 0 Å². The number of hydrogen-bond acceptors (Lipinski definition) is 4. The molecule has 136 valence electrons. The van der Waals surface area contributed by atoms with E-state index in [2.05, 4.69) is 55.5 Å². The summed E-state index contributed by atoms with van der Waals surface area (Å²) in [6, 6.07) is 24.9. The molecular weight excluding hydrogens is 356 g/mol. The lowest BCUT2D eigenvalue weighted by molar-refractivity contribution is -2.00. The van der Waals surface area contributed by atoms with Gasteiger partial charge >= 0.3 is 11.5 Å². The Morgan fingerprint density at radius 3 is 1.73 bits per heavy atom. The predicted molar refractivity (Wildman–Crippen MR) is 88.0 cm³/mol. The van der Waals surface area contributed by atoms with E-state index in [0.29, 0.717) is 0 Å². The van der Waals surface area contributed by atoms with Crippen molar-refractivity contribution in [3.05, 3.63) is 78.4 Å². The summed E-state index contributed by atoms with van der Waals surface area (Å²) in [7, 11) is -4.94. The van der Waals surface area contributed by atoms with Crippen molar-refractivity contribution in [1.82, 2.24) is 0 Å². The van der Waals surface area contributed by atoms with Crippen molar-refractivity contribution in [3.63, 3.8) is 0 Å². The van der Waals surface area contributed by atoms with Gasteiger partial charge in [0.15, 0.2) is 0 Å². The molecule has 0 N–H and O–H groups in total. The average molecular weight is 375 g/mol. The summed E-state index contributed by atoms with van der Waals surface area (Å²) in [4.78, 5) is 0. The summed E-state index contributed by atoms with van der Waals surface area (Å²) in [5.74, 6) is 1.90. The molecule has 0 fully saturated rings. The summed E-state index contributed by atoms with van der Waals surface area (Å²) >= 11 is 0. The highest BCUT2D eigenvalue weighted by Crippen LogP contribution is 2.30. The normalized spacial score (nSPS) is 10.8. The van der Waals surface area contributed by atoms with Gasteiger partial charge in [0.05, 0.1) is 16.7 Å².